The Labute approximate surface area is 132 Å². The second kappa shape index (κ2) is 6.62. The van der Waals surface area contributed by atoms with E-state index in [9.17, 15) is 14.4 Å². The van der Waals surface area contributed by atoms with Gasteiger partial charge in [0, 0.05) is 19.5 Å². The van der Waals surface area contributed by atoms with E-state index in [4.69, 9.17) is 14.2 Å². The van der Waals surface area contributed by atoms with Gasteiger partial charge in [-0.2, -0.15) is 0 Å². The number of para-hydroxylation sites is 1. The van der Waals surface area contributed by atoms with Crippen LogP contribution in [0.1, 0.15) is 22.2 Å². The van der Waals surface area contributed by atoms with Gasteiger partial charge >= 0.3 is 11.9 Å². The maximum absolute atomic E-state index is 12.7. The average Bonchev–Trinajstić information content (AvgIpc) is 2.58. The minimum Gasteiger partial charge on any atom is -0.467 e. The molecule has 0 spiro atoms. The van der Waals surface area contributed by atoms with Gasteiger partial charge < -0.3 is 18.8 Å². The summed E-state index contributed by atoms with van der Waals surface area (Å²) in [7, 11) is 5.30. The molecule has 1 aromatic heterocycles. The molecule has 0 N–H and O–H groups in total. The number of nitrogens with zero attached hydrogens (tertiary/aromatic N) is 1. The number of methoxy groups -OCH3 is 3. The summed E-state index contributed by atoms with van der Waals surface area (Å²) in [5.74, 6) is -1.56. The van der Waals surface area contributed by atoms with Gasteiger partial charge in [0.25, 0.3) is 0 Å². The zero-order chi connectivity index (χ0) is 17.1. The van der Waals surface area contributed by atoms with Crippen molar-refractivity contribution in [2.24, 2.45) is 7.05 Å². The van der Waals surface area contributed by atoms with Crippen molar-refractivity contribution in [3.8, 4) is 0 Å². The predicted molar refractivity (Wildman–Crippen MR) is 82.3 cm³/mol. The average molecular weight is 319 g/mol. The molecule has 0 saturated heterocycles. The van der Waals surface area contributed by atoms with Crippen LogP contribution in [0.2, 0.25) is 0 Å². The number of hydrogen-bond acceptors (Lipinski definition) is 6. The summed E-state index contributed by atoms with van der Waals surface area (Å²) in [5.41, 5.74) is -0.113. The highest BCUT2D eigenvalue weighted by Crippen LogP contribution is 2.24. The normalized spacial score (nSPS) is 12.0. The van der Waals surface area contributed by atoms with Gasteiger partial charge in [-0.1, -0.05) is 12.1 Å². The summed E-state index contributed by atoms with van der Waals surface area (Å²) in [5, 5.41) is 0.346. The van der Waals surface area contributed by atoms with Gasteiger partial charge in [-0.25, -0.2) is 9.59 Å². The number of ether oxygens (including phenoxy) is 3. The van der Waals surface area contributed by atoms with Crippen molar-refractivity contribution in [2.45, 2.75) is 6.10 Å². The van der Waals surface area contributed by atoms with Gasteiger partial charge in [0.1, 0.15) is 5.56 Å². The molecule has 7 heteroatoms. The fraction of sp³-hybridized carbons (Fsp3) is 0.312. The summed E-state index contributed by atoms with van der Waals surface area (Å²) in [6.07, 6.45) is -1.23. The van der Waals surface area contributed by atoms with Crippen LogP contribution in [0.3, 0.4) is 0 Å². The van der Waals surface area contributed by atoms with E-state index in [-0.39, 0.29) is 11.3 Å². The number of rotatable bonds is 4. The first kappa shape index (κ1) is 16.7. The van der Waals surface area contributed by atoms with Crippen molar-refractivity contribution in [1.82, 2.24) is 4.57 Å². The Balaban J connectivity index is 2.95. The first-order chi connectivity index (χ1) is 11.0. The second-order valence-corrected chi connectivity index (χ2v) is 4.80. The molecule has 0 aliphatic heterocycles. The standard InChI is InChI=1S/C16H17NO6/c1-17-10-8-6-5-7-9(10)13(18)11(15(19)22-3)12(17)14(21-2)16(20)23-4/h5-8,14H,1-4H3. The Morgan fingerprint density at radius 1 is 1.09 bits per heavy atom. The third-order valence-electron chi connectivity index (χ3n) is 3.64. The van der Waals surface area contributed by atoms with Crippen LogP contribution in [-0.2, 0) is 26.1 Å². The van der Waals surface area contributed by atoms with E-state index in [2.05, 4.69) is 0 Å². The molecule has 23 heavy (non-hydrogen) atoms. The number of fused-ring (bicyclic) bond motifs is 1. The lowest BCUT2D eigenvalue weighted by Gasteiger charge is -2.21. The van der Waals surface area contributed by atoms with E-state index in [1.807, 2.05) is 0 Å². The summed E-state index contributed by atoms with van der Waals surface area (Å²) >= 11 is 0. The highest BCUT2D eigenvalue weighted by atomic mass is 16.6. The molecule has 2 aromatic rings. The number of benzene rings is 1. The molecule has 2 rings (SSSR count). The first-order valence-corrected chi connectivity index (χ1v) is 6.78. The maximum Gasteiger partial charge on any atom is 0.343 e. The van der Waals surface area contributed by atoms with Crippen LogP contribution in [0.5, 0.6) is 0 Å². The van der Waals surface area contributed by atoms with E-state index in [0.717, 1.165) is 0 Å². The molecule has 1 heterocycles. The molecule has 0 saturated carbocycles. The van der Waals surface area contributed by atoms with Crippen molar-refractivity contribution < 1.29 is 23.8 Å². The van der Waals surface area contributed by atoms with Crippen LogP contribution in [0.25, 0.3) is 10.9 Å². The van der Waals surface area contributed by atoms with E-state index >= 15 is 0 Å². The first-order valence-electron chi connectivity index (χ1n) is 6.78. The molecular formula is C16H17NO6. The molecular weight excluding hydrogens is 302 g/mol. The number of pyridine rings is 1. The van der Waals surface area contributed by atoms with E-state index in [0.29, 0.717) is 10.9 Å². The van der Waals surface area contributed by atoms with Crippen LogP contribution in [-0.4, -0.2) is 37.8 Å². The number of aromatic nitrogens is 1. The van der Waals surface area contributed by atoms with Gasteiger partial charge in [0.05, 0.1) is 25.4 Å². The zero-order valence-electron chi connectivity index (χ0n) is 13.3. The van der Waals surface area contributed by atoms with E-state index in [1.54, 1.807) is 35.9 Å². The molecule has 0 radical (unpaired) electrons. The summed E-state index contributed by atoms with van der Waals surface area (Å²) in [4.78, 5) is 36.8. The fourth-order valence-electron chi connectivity index (χ4n) is 2.54. The Hall–Kier alpha value is -2.67. The number of aryl methyl sites for hydroxylation is 1. The Bertz CT molecular complexity index is 823. The van der Waals surface area contributed by atoms with Crippen molar-refractivity contribution in [3.63, 3.8) is 0 Å². The van der Waals surface area contributed by atoms with Gasteiger partial charge in [-0.3, -0.25) is 4.79 Å². The minimum atomic E-state index is -1.23. The third-order valence-corrected chi connectivity index (χ3v) is 3.64. The van der Waals surface area contributed by atoms with Crippen LogP contribution in [0, 0.1) is 0 Å². The fourth-order valence-corrected chi connectivity index (χ4v) is 2.54. The quantitative estimate of drug-likeness (QED) is 0.787. The van der Waals surface area contributed by atoms with Crippen LogP contribution in [0.4, 0.5) is 0 Å². The molecule has 0 bridgehead atoms. The largest absolute Gasteiger partial charge is 0.467 e. The minimum absolute atomic E-state index is 0.0925. The monoisotopic (exact) mass is 319 g/mol. The SMILES string of the molecule is COC(=O)c1c(C(OC)C(=O)OC)n(C)c2ccccc2c1=O. The third kappa shape index (κ3) is 2.70. The topological polar surface area (TPSA) is 83.8 Å². The van der Waals surface area contributed by atoms with Crippen molar-refractivity contribution in [3.05, 3.63) is 45.7 Å². The van der Waals surface area contributed by atoms with Crippen molar-refractivity contribution in [2.75, 3.05) is 21.3 Å². The second-order valence-electron chi connectivity index (χ2n) is 4.80. The van der Waals surface area contributed by atoms with Crippen LogP contribution >= 0.6 is 0 Å². The highest BCUT2D eigenvalue weighted by molar-refractivity contribution is 5.97. The van der Waals surface area contributed by atoms with Gasteiger partial charge in [-0.05, 0) is 12.1 Å². The Kier molecular flexibility index (Phi) is 4.80. The maximum atomic E-state index is 12.7. The summed E-state index contributed by atoms with van der Waals surface area (Å²) in [6.45, 7) is 0. The van der Waals surface area contributed by atoms with Gasteiger partial charge in [0.2, 0.25) is 5.43 Å². The van der Waals surface area contributed by atoms with E-state index < -0.39 is 23.5 Å². The summed E-state index contributed by atoms with van der Waals surface area (Å²) < 4.78 is 16.1. The lowest BCUT2D eigenvalue weighted by Crippen LogP contribution is -2.30. The molecule has 1 unspecified atom stereocenters. The number of carbonyl (C=O) groups excluding carboxylic acids is 2. The van der Waals surface area contributed by atoms with Crippen LogP contribution < -0.4 is 5.43 Å². The smallest absolute Gasteiger partial charge is 0.343 e. The molecule has 1 atom stereocenters. The predicted octanol–water partition coefficient (Wildman–Crippen LogP) is 1.19. The Morgan fingerprint density at radius 3 is 2.30 bits per heavy atom. The van der Waals surface area contributed by atoms with Crippen molar-refractivity contribution in [1.29, 1.82) is 0 Å². The lowest BCUT2D eigenvalue weighted by molar-refractivity contribution is -0.153. The van der Waals surface area contributed by atoms with Crippen LogP contribution in [0.15, 0.2) is 29.1 Å². The Morgan fingerprint density at radius 2 is 1.74 bits per heavy atom. The van der Waals surface area contributed by atoms with Gasteiger partial charge in [-0.15, -0.1) is 0 Å². The molecule has 0 fully saturated rings. The molecule has 0 amide bonds. The van der Waals surface area contributed by atoms with Gasteiger partial charge in [0.15, 0.2) is 6.10 Å². The number of carbonyl (C=O) groups is 2. The molecule has 0 aliphatic carbocycles. The summed E-state index contributed by atoms with van der Waals surface area (Å²) in [6, 6.07) is 6.76. The molecule has 122 valence electrons. The molecule has 7 nitrogen and oxygen atoms in total. The highest BCUT2D eigenvalue weighted by Gasteiger charge is 2.32. The molecule has 1 aromatic carbocycles. The molecule has 0 aliphatic rings. The van der Waals surface area contributed by atoms with Crippen molar-refractivity contribution >= 4 is 22.8 Å². The number of hydrogen-bond donors (Lipinski definition) is 0. The number of esters is 2. The lowest BCUT2D eigenvalue weighted by atomic mass is 10.0. The van der Waals surface area contributed by atoms with E-state index in [1.165, 1.54) is 21.3 Å². The zero-order valence-corrected chi connectivity index (χ0v) is 13.3.